The molecule has 0 aliphatic rings. The molecule has 72 valence electrons. The number of anilines is 1. The SMILES string of the molecule is Cc1cnc(N)c(C(C)(N)CO)c1. The number of hydrogen-bond acceptors (Lipinski definition) is 4. The standard InChI is InChI=1S/C9H15N3O/c1-6-3-7(8(10)12-4-6)9(2,11)5-13/h3-4,13H,5,11H2,1-2H3,(H2,10,12). The van der Waals surface area contributed by atoms with Crippen LogP contribution in [0.5, 0.6) is 0 Å². The quantitative estimate of drug-likeness (QED) is 0.605. The van der Waals surface area contributed by atoms with Crippen molar-refractivity contribution in [2.45, 2.75) is 19.4 Å². The summed E-state index contributed by atoms with van der Waals surface area (Å²) >= 11 is 0. The third-order valence-electron chi connectivity index (χ3n) is 2.00. The lowest BCUT2D eigenvalue weighted by Gasteiger charge is -2.23. The van der Waals surface area contributed by atoms with Gasteiger partial charge in [0.25, 0.3) is 0 Å². The Balaban J connectivity index is 3.20. The highest BCUT2D eigenvalue weighted by atomic mass is 16.3. The van der Waals surface area contributed by atoms with E-state index in [1.807, 2.05) is 13.0 Å². The summed E-state index contributed by atoms with van der Waals surface area (Å²) in [5.41, 5.74) is 12.3. The van der Waals surface area contributed by atoms with E-state index in [1.54, 1.807) is 13.1 Å². The summed E-state index contributed by atoms with van der Waals surface area (Å²) in [6.45, 7) is 3.48. The maximum atomic E-state index is 9.05. The zero-order valence-corrected chi connectivity index (χ0v) is 7.91. The molecule has 0 saturated heterocycles. The molecule has 5 N–H and O–H groups in total. The van der Waals surface area contributed by atoms with Crippen molar-refractivity contribution in [3.8, 4) is 0 Å². The molecule has 4 heteroatoms. The highest BCUT2D eigenvalue weighted by Gasteiger charge is 2.23. The van der Waals surface area contributed by atoms with Crippen molar-refractivity contribution in [3.05, 3.63) is 23.4 Å². The average molecular weight is 181 g/mol. The van der Waals surface area contributed by atoms with Gasteiger partial charge in [0.05, 0.1) is 12.1 Å². The van der Waals surface area contributed by atoms with Gasteiger partial charge >= 0.3 is 0 Å². The molecule has 0 spiro atoms. The molecule has 13 heavy (non-hydrogen) atoms. The fourth-order valence-corrected chi connectivity index (χ4v) is 1.12. The van der Waals surface area contributed by atoms with E-state index in [1.165, 1.54) is 0 Å². The molecular weight excluding hydrogens is 166 g/mol. The van der Waals surface area contributed by atoms with Gasteiger partial charge in [0.1, 0.15) is 5.82 Å². The summed E-state index contributed by atoms with van der Waals surface area (Å²) < 4.78 is 0. The highest BCUT2D eigenvalue weighted by Crippen LogP contribution is 2.22. The molecule has 0 radical (unpaired) electrons. The second kappa shape index (κ2) is 3.32. The molecule has 0 saturated carbocycles. The van der Waals surface area contributed by atoms with Crippen molar-refractivity contribution < 1.29 is 5.11 Å². The Labute approximate surface area is 77.6 Å². The Morgan fingerprint density at radius 3 is 2.77 bits per heavy atom. The van der Waals surface area contributed by atoms with Gasteiger partial charge in [0.15, 0.2) is 0 Å². The minimum atomic E-state index is -0.816. The monoisotopic (exact) mass is 181 g/mol. The third-order valence-corrected chi connectivity index (χ3v) is 2.00. The largest absolute Gasteiger partial charge is 0.394 e. The molecule has 0 aliphatic carbocycles. The van der Waals surface area contributed by atoms with Crippen LogP contribution in [0.3, 0.4) is 0 Å². The van der Waals surface area contributed by atoms with Crippen molar-refractivity contribution in [2.24, 2.45) is 5.73 Å². The molecule has 1 unspecified atom stereocenters. The molecule has 1 aromatic rings. The lowest BCUT2D eigenvalue weighted by molar-refractivity contribution is 0.210. The number of aromatic nitrogens is 1. The first-order valence-electron chi connectivity index (χ1n) is 4.09. The topological polar surface area (TPSA) is 85.2 Å². The molecule has 1 rings (SSSR count). The lowest BCUT2D eigenvalue weighted by atomic mass is 9.94. The molecule has 0 fully saturated rings. The first kappa shape index (κ1) is 9.95. The minimum Gasteiger partial charge on any atom is -0.394 e. The summed E-state index contributed by atoms with van der Waals surface area (Å²) in [6, 6.07) is 1.85. The Bertz CT molecular complexity index is 310. The number of nitrogens with zero attached hydrogens (tertiary/aromatic N) is 1. The van der Waals surface area contributed by atoms with Crippen molar-refractivity contribution in [1.82, 2.24) is 4.98 Å². The highest BCUT2D eigenvalue weighted by molar-refractivity contribution is 5.45. The maximum absolute atomic E-state index is 9.05. The Kier molecular flexibility index (Phi) is 2.54. The predicted octanol–water partition coefficient (Wildman–Crippen LogP) is 0.138. The number of pyridine rings is 1. The van der Waals surface area contributed by atoms with Crippen molar-refractivity contribution in [1.29, 1.82) is 0 Å². The molecule has 1 aromatic heterocycles. The molecule has 1 atom stereocenters. The van der Waals surface area contributed by atoms with Crippen LogP contribution < -0.4 is 11.5 Å². The first-order chi connectivity index (χ1) is 5.97. The summed E-state index contributed by atoms with van der Waals surface area (Å²) in [6.07, 6.45) is 1.67. The summed E-state index contributed by atoms with van der Waals surface area (Å²) in [4.78, 5) is 3.98. The molecule has 4 nitrogen and oxygen atoms in total. The van der Waals surface area contributed by atoms with Crippen molar-refractivity contribution in [2.75, 3.05) is 12.3 Å². The average Bonchev–Trinajstić information content (AvgIpc) is 2.09. The fourth-order valence-electron chi connectivity index (χ4n) is 1.12. The van der Waals surface area contributed by atoms with Crippen LogP contribution in [-0.2, 0) is 5.54 Å². The van der Waals surface area contributed by atoms with Gasteiger partial charge in [-0.3, -0.25) is 0 Å². The van der Waals surface area contributed by atoms with Crippen LogP contribution in [0.1, 0.15) is 18.1 Å². The number of nitrogen functional groups attached to an aromatic ring is 1. The molecule has 0 bridgehead atoms. The van der Waals surface area contributed by atoms with Gasteiger partial charge in [-0.25, -0.2) is 4.98 Å². The normalized spacial score (nSPS) is 15.4. The van der Waals surface area contributed by atoms with Crippen LogP contribution in [0, 0.1) is 6.92 Å². The number of aryl methyl sites for hydroxylation is 1. The fraction of sp³-hybridized carbons (Fsp3) is 0.444. The second-order valence-electron chi connectivity index (χ2n) is 3.52. The predicted molar refractivity (Wildman–Crippen MR) is 52.0 cm³/mol. The van der Waals surface area contributed by atoms with Crippen molar-refractivity contribution in [3.63, 3.8) is 0 Å². The number of aliphatic hydroxyl groups excluding tert-OH is 1. The van der Waals surface area contributed by atoms with E-state index in [0.29, 0.717) is 11.4 Å². The lowest BCUT2D eigenvalue weighted by Crippen LogP contribution is -2.38. The van der Waals surface area contributed by atoms with Crippen LogP contribution in [-0.4, -0.2) is 16.7 Å². The van der Waals surface area contributed by atoms with Crippen molar-refractivity contribution >= 4 is 5.82 Å². The van der Waals surface area contributed by atoms with Crippen LogP contribution in [0.15, 0.2) is 12.3 Å². The number of nitrogens with two attached hydrogens (primary N) is 2. The van der Waals surface area contributed by atoms with E-state index in [4.69, 9.17) is 16.6 Å². The second-order valence-corrected chi connectivity index (χ2v) is 3.52. The number of rotatable bonds is 2. The van der Waals surface area contributed by atoms with Gasteiger partial charge in [0.2, 0.25) is 0 Å². The van der Waals surface area contributed by atoms with E-state index in [0.717, 1.165) is 5.56 Å². The molecule has 0 aliphatic heterocycles. The van der Waals surface area contributed by atoms with Gasteiger partial charge in [-0.1, -0.05) is 0 Å². The minimum absolute atomic E-state index is 0.150. The van der Waals surface area contributed by atoms with Gasteiger partial charge < -0.3 is 16.6 Å². The Morgan fingerprint density at radius 2 is 2.23 bits per heavy atom. The van der Waals surface area contributed by atoms with Crippen LogP contribution in [0.2, 0.25) is 0 Å². The van der Waals surface area contributed by atoms with E-state index in [9.17, 15) is 0 Å². The van der Waals surface area contributed by atoms with E-state index >= 15 is 0 Å². The Morgan fingerprint density at radius 1 is 1.62 bits per heavy atom. The van der Waals surface area contributed by atoms with Gasteiger partial charge in [-0.15, -0.1) is 0 Å². The summed E-state index contributed by atoms with van der Waals surface area (Å²) in [7, 11) is 0. The summed E-state index contributed by atoms with van der Waals surface area (Å²) in [5, 5.41) is 9.05. The van der Waals surface area contributed by atoms with E-state index < -0.39 is 5.54 Å². The molecule has 0 aromatic carbocycles. The summed E-state index contributed by atoms with van der Waals surface area (Å²) in [5.74, 6) is 0.379. The first-order valence-corrected chi connectivity index (χ1v) is 4.09. The third kappa shape index (κ3) is 1.96. The van der Waals surface area contributed by atoms with Gasteiger partial charge in [0, 0.05) is 11.8 Å². The molecular formula is C9H15N3O. The zero-order valence-electron chi connectivity index (χ0n) is 7.91. The van der Waals surface area contributed by atoms with E-state index in [-0.39, 0.29) is 6.61 Å². The Hall–Kier alpha value is -1.13. The zero-order chi connectivity index (χ0) is 10.1. The van der Waals surface area contributed by atoms with Crippen LogP contribution >= 0.6 is 0 Å². The molecule has 0 amide bonds. The van der Waals surface area contributed by atoms with Gasteiger partial charge in [-0.2, -0.15) is 0 Å². The van der Waals surface area contributed by atoms with Crippen LogP contribution in [0.25, 0.3) is 0 Å². The number of aliphatic hydroxyl groups is 1. The smallest absolute Gasteiger partial charge is 0.128 e. The van der Waals surface area contributed by atoms with E-state index in [2.05, 4.69) is 4.98 Å². The van der Waals surface area contributed by atoms with Crippen LogP contribution in [0.4, 0.5) is 5.82 Å². The van der Waals surface area contributed by atoms with Gasteiger partial charge in [-0.05, 0) is 25.5 Å². The number of hydrogen-bond donors (Lipinski definition) is 3. The molecule has 1 heterocycles. The maximum Gasteiger partial charge on any atom is 0.128 e.